The van der Waals surface area contributed by atoms with Crippen molar-refractivity contribution in [2.24, 2.45) is 0 Å². The van der Waals surface area contributed by atoms with E-state index in [9.17, 15) is 4.39 Å². The van der Waals surface area contributed by atoms with Gasteiger partial charge in [0.15, 0.2) is 0 Å². The van der Waals surface area contributed by atoms with Crippen LogP contribution in [-0.4, -0.2) is 17.8 Å². The average molecular weight is 282 g/mol. The summed E-state index contributed by atoms with van der Waals surface area (Å²) in [6, 6.07) is 5.15. The maximum Gasteiger partial charge on any atom is 0.134 e. The molecular formula is C13H15FN2S2. The first-order valence-electron chi connectivity index (χ1n) is 5.74. The predicted molar refractivity (Wildman–Crippen MR) is 76.7 cm³/mol. The summed E-state index contributed by atoms with van der Waals surface area (Å²) in [5.41, 5.74) is 1.59. The van der Waals surface area contributed by atoms with Crippen molar-refractivity contribution in [3.63, 3.8) is 0 Å². The lowest BCUT2D eigenvalue weighted by Gasteiger charge is -2.05. The van der Waals surface area contributed by atoms with Gasteiger partial charge in [-0.15, -0.1) is 23.1 Å². The highest BCUT2D eigenvalue weighted by molar-refractivity contribution is 7.98. The molecule has 0 saturated heterocycles. The SMILES string of the molecule is CCNCc1csc(-c2c(F)cccc2SC)n1. The minimum absolute atomic E-state index is 0.203. The molecule has 0 bridgehead atoms. The number of hydrogen-bond donors (Lipinski definition) is 1. The second-order valence-corrected chi connectivity index (χ2v) is 5.45. The molecule has 18 heavy (non-hydrogen) atoms. The van der Waals surface area contributed by atoms with Crippen LogP contribution in [0.15, 0.2) is 28.5 Å². The fraction of sp³-hybridized carbons (Fsp3) is 0.308. The van der Waals surface area contributed by atoms with Gasteiger partial charge in [0.1, 0.15) is 10.8 Å². The van der Waals surface area contributed by atoms with E-state index in [-0.39, 0.29) is 5.82 Å². The van der Waals surface area contributed by atoms with Crippen molar-refractivity contribution < 1.29 is 4.39 Å². The Morgan fingerprint density at radius 2 is 2.28 bits per heavy atom. The summed E-state index contributed by atoms with van der Waals surface area (Å²) in [7, 11) is 0. The van der Waals surface area contributed by atoms with Crippen molar-refractivity contribution in [1.29, 1.82) is 0 Å². The Kier molecular flexibility index (Phi) is 4.74. The fourth-order valence-corrected chi connectivity index (χ4v) is 3.19. The second kappa shape index (κ2) is 6.31. The molecule has 0 amide bonds. The number of nitrogens with zero attached hydrogens (tertiary/aromatic N) is 1. The smallest absolute Gasteiger partial charge is 0.134 e. The van der Waals surface area contributed by atoms with Crippen molar-refractivity contribution >= 4 is 23.1 Å². The number of rotatable bonds is 5. The number of benzene rings is 1. The molecule has 2 aromatic rings. The van der Waals surface area contributed by atoms with Gasteiger partial charge in [-0.1, -0.05) is 13.0 Å². The van der Waals surface area contributed by atoms with Crippen LogP contribution in [0.5, 0.6) is 0 Å². The molecule has 0 fully saturated rings. The molecule has 5 heteroatoms. The average Bonchev–Trinajstić information content (AvgIpc) is 2.84. The molecule has 2 nitrogen and oxygen atoms in total. The molecular weight excluding hydrogens is 267 g/mol. The van der Waals surface area contributed by atoms with Crippen LogP contribution in [0, 0.1) is 5.82 Å². The van der Waals surface area contributed by atoms with E-state index in [0.717, 1.165) is 28.7 Å². The van der Waals surface area contributed by atoms with Crippen LogP contribution in [-0.2, 0) is 6.54 Å². The molecule has 2 rings (SSSR count). The van der Waals surface area contributed by atoms with Crippen LogP contribution in [0.2, 0.25) is 0 Å². The molecule has 0 aliphatic heterocycles. The summed E-state index contributed by atoms with van der Waals surface area (Å²) in [6.45, 7) is 3.69. The fourth-order valence-electron chi connectivity index (χ4n) is 1.64. The third-order valence-corrected chi connectivity index (χ3v) is 4.21. The number of nitrogens with one attached hydrogen (secondary N) is 1. The highest BCUT2D eigenvalue weighted by Crippen LogP contribution is 2.34. The molecule has 1 aromatic heterocycles. The van der Waals surface area contributed by atoms with E-state index in [1.54, 1.807) is 17.8 Å². The van der Waals surface area contributed by atoms with Crippen molar-refractivity contribution in [3.05, 3.63) is 35.1 Å². The Hall–Kier alpha value is -0.910. The van der Waals surface area contributed by atoms with Gasteiger partial charge < -0.3 is 5.32 Å². The Balaban J connectivity index is 2.33. The third kappa shape index (κ3) is 2.91. The van der Waals surface area contributed by atoms with Gasteiger partial charge in [0.2, 0.25) is 0 Å². The van der Waals surface area contributed by atoms with Gasteiger partial charge in [0.25, 0.3) is 0 Å². The molecule has 1 heterocycles. The van der Waals surface area contributed by atoms with Gasteiger partial charge >= 0.3 is 0 Å². The normalized spacial score (nSPS) is 10.8. The number of thioether (sulfide) groups is 1. The summed E-state index contributed by atoms with van der Waals surface area (Å²) in [5.74, 6) is -0.203. The molecule has 0 radical (unpaired) electrons. The Labute approximate surface area is 115 Å². The van der Waals surface area contributed by atoms with Crippen LogP contribution >= 0.6 is 23.1 Å². The number of aromatic nitrogens is 1. The van der Waals surface area contributed by atoms with Crippen molar-refractivity contribution in [2.45, 2.75) is 18.4 Å². The first-order chi connectivity index (χ1) is 8.76. The lowest BCUT2D eigenvalue weighted by molar-refractivity contribution is 0.628. The van der Waals surface area contributed by atoms with Crippen LogP contribution in [0.25, 0.3) is 10.6 Å². The Morgan fingerprint density at radius 3 is 3.00 bits per heavy atom. The first kappa shape index (κ1) is 13.5. The van der Waals surface area contributed by atoms with Crippen LogP contribution < -0.4 is 5.32 Å². The van der Waals surface area contributed by atoms with Gasteiger partial charge in [-0.25, -0.2) is 9.37 Å². The van der Waals surface area contributed by atoms with Gasteiger partial charge in [-0.05, 0) is 24.9 Å². The van der Waals surface area contributed by atoms with Crippen LogP contribution in [0.4, 0.5) is 4.39 Å². The zero-order valence-electron chi connectivity index (χ0n) is 10.4. The van der Waals surface area contributed by atoms with E-state index >= 15 is 0 Å². The van der Waals surface area contributed by atoms with E-state index < -0.39 is 0 Å². The van der Waals surface area contributed by atoms with Gasteiger partial charge in [0.05, 0.1) is 11.3 Å². The topological polar surface area (TPSA) is 24.9 Å². The van der Waals surface area contributed by atoms with Crippen molar-refractivity contribution in [3.8, 4) is 10.6 Å². The van der Waals surface area contributed by atoms with Crippen LogP contribution in [0.3, 0.4) is 0 Å². The van der Waals surface area contributed by atoms with E-state index in [4.69, 9.17) is 0 Å². The summed E-state index contributed by atoms with van der Waals surface area (Å²) in [6.07, 6.45) is 1.95. The first-order valence-corrected chi connectivity index (χ1v) is 7.84. The lowest BCUT2D eigenvalue weighted by Crippen LogP contribution is -2.11. The highest BCUT2D eigenvalue weighted by atomic mass is 32.2. The summed E-state index contributed by atoms with van der Waals surface area (Å²) >= 11 is 3.03. The molecule has 0 saturated carbocycles. The summed E-state index contributed by atoms with van der Waals surface area (Å²) in [4.78, 5) is 5.42. The number of hydrogen-bond acceptors (Lipinski definition) is 4. The Bertz CT molecular complexity index is 525. The second-order valence-electron chi connectivity index (χ2n) is 3.74. The standard InChI is InChI=1S/C13H15FN2S2/c1-3-15-7-9-8-18-13(16-9)12-10(14)5-4-6-11(12)17-2/h4-6,8,15H,3,7H2,1-2H3. The molecule has 1 aromatic carbocycles. The maximum atomic E-state index is 13.9. The molecule has 0 aliphatic carbocycles. The van der Waals surface area contributed by atoms with E-state index in [0.29, 0.717) is 5.56 Å². The zero-order chi connectivity index (χ0) is 13.0. The quantitative estimate of drug-likeness (QED) is 0.845. The van der Waals surface area contributed by atoms with E-state index in [2.05, 4.69) is 17.2 Å². The molecule has 0 atom stereocenters. The highest BCUT2D eigenvalue weighted by Gasteiger charge is 2.13. The summed E-state index contributed by atoms with van der Waals surface area (Å²) < 4.78 is 13.9. The van der Waals surface area contributed by atoms with Gasteiger partial charge in [-0.2, -0.15) is 0 Å². The zero-order valence-corrected chi connectivity index (χ0v) is 12.0. The maximum absolute atomic E-state index is 13.9. The summed E-state index contributed by atoms with van der Waals surface area (Å²) in [5, 5.41) is 5.95. The Morgan fingerprint density at radius 1 is 1.44 bits per heavy atom. The molecule has 0 unspecified atom stereocenters. The third-order valence-electron chi connectivity index (χ3n) is 2.52. The molecule has 96 valence electrons. The van der Waals surface area contributed by atoms with E-state index in [1.807, 2.05) is 17.7 Å². The molecule has 0 spiro atoms. The molecule has 0 aliphatic rings. The van der Waals surface area contributed by atoms with E-state index in [1.165, 1.54) is 17.4 Å². The number of thiazole rings is 1. The molecule has 1 N–H and O–H groups in total. The van der Waals surface area contributed by atoms with Gasteiger partial charge in [0, 0.05) is 16.8 Å². The van der Waals surface area contributed by atoms with Crippen molar-refractivity contribution in [2.75, 3.05) is 12.8 Å². The van der Waals surface area contributed by atoms with Gasteiger partial charge in [-0.3, -0.25) is 0 Å². The monoisotopic (exact) mass is 282 g/mol. The predicted octanol–water partition coefficient (Wildman–Crippen LogP) is 3.78. The lowest BCUT2D eigenvalue weighted by atomic mass is 10.2. The number of halogens is 1. The van der Waals surface area contributed by atoms with Crippen LogP contribution in [0.1, 0.15) is 12.6 Å². The largest absolute Gasteiger partial charge is 0.311 e. The van der Waals surface area contributed by atoms with Crippen molar-refractivity contribution in [1.82, 2.24) is 10.3 Å². The minimum atomic E-state index is -0.203. The minimum Gasteiger partial charge on any atom is -0.311 e.